The van der Waals surface area contributed by atoms with Crippen LogP contribution in [0.4, 0.5) is 11.4 Å². The number of nitro groups is 1. The maximum Gasteiger partial charge on any atom is 0.269 e. The number of aliphatic hydroxyl groups is 1. The Kier molecular flexibility index (Phi) is 5.08. The van der Waals surface area contributed by atoms with Gasteiger partial charge in [0.05, 0.1) is 31.1 Å². The molecule has 0 unspecified atom stereocenters. The Morgan fingerprint density at radius 2 is 1.71 bits per heavy atom. The first-order valence-corrected chi connectivity index (χ1v) is 8.19. The quantitative estimate of drug-likeness (QED) is 0.635. The maximum absolute atomic E-state index is 10.7. The minimum Gasteiger partial charge on any atom is -0.382 e. The normalized spacial score (nSPS) is 16.8. The summed E-state index contributed by atoms with van der Waals surface area (Å²) in [4.78, 5) is 14.0. The average molecular weight is 328 g/mol. The minimum atomic E-state index is -0.438. The lowest BCUT2D eigenvalue weighted by Crippen LogP contribution is -3.15. The molecule has 0 aliphatic carbocycles. The Balaban J connectivity index is 1.53. The molecule has 2 aromatic rings. The molecule has 1 fully saturated rings. The second-order valence-electron chi connectivity index (χ2n) is 6.14. The van der Waals surface area contributed by atoms with E-state index in [1.165, 1.54) is 4.90 Å². The molecular formula is C18H22N3O3+. The van der Waals surface area contributed by atoms with Gasteiger partial charge in [-0.3, -0.25) is 10.1 Å². The van der Waals surface area contributed by atoms with Crippen LogP contribution in [-0.4, -0.2) is 42.8 Å². The number of quaternary nitrogens is 1. The van der Waals surface area contributed by atoms with Crippen molar-refractivity contribution >= 4 is 11.4 Å². The number of nitrogens with one attached hydrogen (secondary N) is 1. The minimum absolute atomic E-state index is 0.119. The summed E-state index contributed by atoms with van der Waals surface area (Å²) in [6.07, 6.45) is -0.438. The van der Waals surface area contributed by atoms with E-state index in [9.17, 15) is 15.2 Å². The number of nitrogens with zero attached hydrogens (tertiary/aromatic N) is 2. The van der Waals surface area contributed by atoms with Crippen LogP contribution in [0.15, 0.2) is 54.6 Å². The van der Waals surface area contributed by atoms with Gasteiger partial charge >= 0.3 is 0 Å². The highest BCUT2D eigenvalue weighted by Gasteiger charge is 2.23. The van der Waals surface area contributed by atoms with Gasteiger partial charge in [0, 0.05) is 17.8 Å². The van der Waals surface area contributed by atoms with Gasteiger partial charge in [-0.2, -0.15) is 0 Å². The third-order valence-electron chi connectivity index (χ3n) is 4.56. The molecule has 0 amide bonds. The summed E-state index contributed by atoms with van der Waals surface area (Å²) in [5, 5.41) is 21.1. The number of rotatable bonds is 5. The van der Waals surface area contributed by atoms with Crippen LogP contribution >= 0.6 is 0 Å². The van der Waals surface area contributed by atoms with E-state index in [4.69, 9.17) is 0 Å². The van der Waals surface area contributed by atoms with Gasteiger partial charge < -0.3 is 14.9 Å². The number of nitro benzene ring substituents is 1. The van der Waals surface area contributed by atoms with Gasteiger partial charge in [-0.05, 0) is 17.7 Å². The first kappa shape index (κ1) is 16.4. The van der Waals surface area contributed by atoms with Crippen LogP contribution in [0.3, 0.4) is 0 Å². The van der Waals surface area contributed by atoms with Crippen molar-refractivity contribution in [2.24, 2.45) is 0 Å². The zero-order valence-electron chi connectivity index (χ0n) is 13.5. The SMILES string of the molecule is O=[N+]([O-])c1ccc(N2CC[NH+](C[C@@H](O)c3ccccc3)CC2)cc1. The monoisotopic (exact) mass is 328 g/mol. The van der Waals surface area contributed by atoms with Crippen LogP contribution in [0.5, 0.6) is 0 Å². The highest BCUT2D eigenvalue weighted by molar-refractivity contribution is 5.51. The number of hydrogen-bond acceptors (Lipinski definition) is 4. The van der Waals surface area contributed by atoms with Crippen molar-refractivity contribution in [2.45, 2.75) is 6.10 Å². The molecule has 2 N–H and O–H groups in total. The molecule has 126 valence electrons. The van der Waals surface area contributed by atoms with E-state index < -0.39 is 6.10 Å². The van der Waals surface area contributed by atoms with Crippen molar-refractivity contribution in [3.05, 3.63) is 70.3 Å². The van der Waals surface area contributed by atoms with Crippen LogP contribution in [-0.2, 0) is 0 Å². The van der Waals surface area contributed by atoms with E-state index in [0.29, 0.717) is 6.54 Å². The molecule has 0 bridgehead atoms. The number of aliphatic hydroxyl groups excluding tert-OH is 1. The molecule has 6 nitrogen and oxygen atoms in total. The Morgan fingerprint density at radius 1 is 1.08 bits per heavy atom. The number of anilines is 1. The summed E-state index contributed by atoms with van der Waals surface area (Å²) in [5.74, 6) is 0. The molecule has 0 saturated carbocycles. The molecule has 2 aromatic carbocycles. The Morgan fingerprint density at radius 3 is 2.29 bits per heavy atom. The van der Waals surface area contributed by atoms with Gasteiger partial charge in [0.25, 0.3) is 5.69 Å². The van der Waals surface area contributed by atoms with Gasteiger partial charge in [-0.1, -0.05) is 30.3 Å². The van der Waals surface area contributed by atoms with Gasteiger partial charge in [-0.15, -0.1) is 0 Å². The van der Waals surface area contributed by atoms with Crippen molar-refractivity contribution < 1.29 is 14.9 Å². The zero-order chi connectivity index (χ0) is 16.9. The van der Waals surface area contributed by atoms with Crippen LogP contribution in [0.2, 0.25) is 0 Å². The molecule has 0 radical (unpaired) electrons. The fourth-order valence-corrected chi connectivity index (χ4v) is 3.14. The van der Waals surface area contributed by atoms with Crippen molar-refractivity contribution in [1.82, 2.24) is 0 Å². The first-order valence-electron chi connectivity index (χ1n) is 8.19. The van der Waals surface area contributed by atoms with E-state index in [0.717, 1.165) is 37.4 Å². The Labute approximate surface area is 141 Å². The molecule has 24 heavy (non-hydrogen) atoms. The largest absolute Gasteiger partial charge is 0.382 e. The lowest BCUT2D eigenvalue weighted by atomic mass is 10.1. The fraction of sp³-hybridized carbons (Fsp3) is 0.333. The predicted molar refractivity (Wildman–Crippen MR) is 92.3 cm³/mol. The molecule has 1 atom stereocenters. The Hall–Kier alpha value is -2.44. The zero-order valence-corrected chi connectivity index (χ0v) is 13.5. The third-order valence-corrected chi connectivity index (χ3v) is 4.56. The van der Waals surface area contributed by atoms with Gasteiger partial charge in [0.15, 0.2) is 0 Å². The molecule has 1 aliphatic rings. The smallest absolute Gasteiger partial charge is 0.269 e. The van der Waals surface area contributed by atoms with Gasteiger partial charge in [0.1, 0.15) is 12.6 Å². The predicted octanol–water partition coefficient (Wildman–Crippen LogP) is 1.03. The van der Waals surface area contributed by atoms with Crippen LogP contribution in [0, 0.1) is 10.1 Å². The first-order chi connectivity index (χ1) is 11.6. The van der Waals surface area contributed by atoms with Crippen LogP contribution < -0.4 is 9.80 Å². The van der Waals surface area contributed by atoms with Crippen LogP contribution in [0.1, 0.15) is 11.7 Å². The summed E-state index contributed by atoms with van der Waals surface area (Å²) in [6.45, 7) is 4.36. The Bertz CT molecular complexity index is 668. The molecule has 0 spiro atoms. The van der Waals surface area contributed by atoms with E-state index >= 15 is 0 Å². The molecule has 0 aromatic heterocycles. The maximum atomic E-state index is 10.7. The molecule has 1 aliphatic heterocycles. The number of piperazine rings is 1. The summed E-state index contributed by atoms with van der Waals surface area (Å²) in [5.41, 5.74) is 2.10. The van der Waals surface area contributed by atoms with E-state index in [-0.39, 0.29) is 10.6 Å². The van der Waals surface area contributed by atoms with E-state index in [1.54, 1.807) is 12.1 Å². The molecule has 1 heterocycles. The molecular weight excluding hydrogens is 306 g/mol. The topological polar surface area (TPSA) is 71.0 Å². The molecule has 3 rings (SSSR count). The summed E-state index contributed by atoms with van der Waals surface area (Å²) in [6, 6.07) is 16.5. The average Bonchev–Trinajstić information content (AvgIpc) is 2.63. The second kappa shape index (κ2) is 7.42. The van der Waals surface area contributed by atoms with Crippen molar-refractivity contribution in [3.63, 3.8) is 0 Å². The molecule has 1 saturated heterocycles. The van der Waals surface area contributed by atoms with Gasteiger partial charge in [0.2, 0.25) is 0 Å². The highest BCUT2D eigenvalue weighted by atomic mass is 16.6. The number of hydrogen-bond donors (Lipinski definition) is 2. The summed E-state index contributed by atoms with van der Waals surface area (Å²) < 4.78 is 0. The van der Waals surface area contributed by atoms with Crippen LogP contribution in [0.25, 0.3) is 0 Å². The van der Waals surface area contributed by atoms with Crippen molar-refractivity contribution in [2.75, 3.05) is 37.6 Å². The lowest BCUT2D eigenvalue weighted by Gasteiger charge is -2.34. The standard InChI is InChI=1S/C18H21N3O3/c22-18(15-4-2-1-3-5-15)14-19-10-12-20(13-11-19)16-6-8-17(9-7-16)21(23)24/h1-9,18,22H,10-14H2/p+1/t18-/m1/s1. The number of non-ortho nitro benzene ring substituents is 1. The van der Waals surface area contributed by atoms with Crippen molar-refractivity contribution in [3.8, 4) is 0 Å². The summed E-state index contributed by atoms with van der Waals surface area (Å²) >= 11 is 0. The fourth-order valence-electron chi connectivity index (χ4n) is 3.14. The van der Waals surface area contributed by atoms with E-state index in [2.05, 4.69) is 4.90 Å². The van der Waals surface area contributed by atoms with E-state index in [1.807, 2.05) is 42.5 Å². The number of benzene rings is 2. The molecule has 6 heteroatoms. The van der Waals surface area contributed by atoms with Crippen molar-refractivity contribution in [1.29, 1.82) is 0 Å². The van der Waals surface area contributed by atoms with Gasteiger partial charge in [-0.25, -0.2) is 0 Å². The second-order valence-corrected chi connectivity index (χ2v) is 6.14. The summed E-state index contributed by atoms with van der Waals surface area (Å²) in [7, 11) is 0. The highest BCUT2D eigenvalue weighted by Crippen LogP contribution is 2.19. The lowest BCUT2D eigenvalue weighted by molar-refractivity contribution is -0.904. The third kappa shape index (κ3) is 3.90.